The number of ether oxygens (including phenoxy) is 2. The van der Waals surface area contributed by atoms with Crippen molar-refractivity contribution in [3.63, 3.8) is 0 Å². The summed E-state index contributed by atoms with van der Waals surface area (Å²) >= 11 is 1.22. The van der Waals surface area contributed by atoms with E-state index in [1.54, 1.807) is 41.2 Å². The number of carbonyl (C=O) groups is 1. The molecule has 0 fully saturated rings. The molecule has 1 amide bonds. The van der Waals surface area contributed by atoms with Crippen LogP contribution in [0.3, 0.4) is 0 Å². The van der Waals surface area contributed by atoms with Crippen molar-refractivity contribution in [2.45, 2.75) is 24.7 Å². The fourth-order valence-corrected chi connectivity index (χ4v) is 4.44. The smallest absolute Gasteiger partial charge is 0.262 e. The van der Waals surface area contributed by atoms with Gasteiger partial charge in [0.1, 0.15) is 5.76 Å². The summed E-state index contributed by atoms with van der Waals surface area (Å²) in [5.41, 5.74) is 1.33. The molecule has 0 aliphatic carbocycles. The van der Waals surface area contributed by atoms with E-state index in [9.17, 15) is 9.59 Å². The quantitative estimate of drug-likeness (QED) is 0.330. The second-order valence-electron chi connectivity index (χ2n) is 7.57. The number of nitrogens with zero attached hydrogens (tertiary/aromatic N) is 2. The molecule has 168 valence electrons. The Balaban J connectivity index is 1.33. The van der Waals surface area contributed by atoms with Crippen molar-refractivity contribution in [2.24, 2.45) is 0 Å². The molecular weight excluding hydrogens is 442 g/mol. The summed E-state index contributed by atoms with van der Waals surface area (Å²) < 4.78 is 17.7. The van der Waals surface area contributed by atoms with Crippen LogP contribution in [0.25, 0.3) is 10.9 Å². The van der Waals surface area contributed by atoms with Crippen LogP contribution in [0.1, 0.15) is 24.3 Å². The summed E-state index contributed by atoms with van der Waals surface area (Å²) in [6.07, 6.45) is 1.56. The number of furan rings is 1. The van der Waals surface area contributed by atoms with Crippen LogP contribution in [0.15, 0.2) is 75.2 Å². The van der Waals surface area contributed by atoms with Crippen LogP contribution in [0.4, 0.5) is 0 Å². The summed E-state index contributed by atoms with van der Waals surface area (Å²) in [5, 5.41) is 3.97. The third-order valence-corrected chi connectivity index (χ3v) is 6.30. The normalized spacial score (nSPS) is 13.2. The van der Waals surface area contributed by atoms with Crippen molar-refractivity contribution in [1.29, 1.82) is 0 Å². The molecule has 2 aromatic heterocycles. The minimum atomic E-state index is -0.220. The molecule has 1 unspecified atom stereocenters. The second-order valence-corrected chi connectivity index (χ2v) is 8.52. The zero-order valence-electron chi connectivity index (χ0n) is 17.8. The molecule has 0 spiro atoms. The highest BCUT2D eigenvalue weighted by molar-refractivity contribution is 7.99. The van der Waals surface area contributed by atoms with Crippen LogP contribution >= 0.6 is 11.8 Å². The van der Waals surface area contributed by atoms with Gasteiger partial charge in [0.2, 0.25) is 12.7 Å². The Morgan fingerprint density at radius 2 is 2.00 bits per heavy atom. The number of hydrogen-bond acceptors (Lipinski definition) is 7. The minimum Gasteiger partial charge on any atom is -0.467 e. The molecule has 3 heterocycles. The van der Waals surface area contributed by atoms with Crippen LogP contribution in [0, 0.1) is 0 Å². The highest BCUT2D eigenvalue weighted by Crippen LogP contribution is 2.34. The van der Waals surface area contributed by atoms with Gasteiger partial charge in [-0.25, -0.2) is 4.98 Å². The van der Waals surface area contributed by atoms with Crippen LogP contribution < -0.4 is 20.3 Å². The van der Waals surface area contributed by atoms with Gasteiger partial charge in [0, 0.05) is 0 Å². The van der Waals surface area contributed by atoms with Gasteiger partial charge in [-0.1, -0.05) is 30.0 Å². The number of amides is 1. The highest BCUT2D eigenvalue weighted by atomic mass is 32.2. The third kappa shape index (κ3) is 4.45. The molecule has 0 bridgehead atoms. The molecule has 0 saturated heterocycles. The summed E-state index contributed by atoms with van der Waals surface area (Å²) in [6.45, 7) is 2.34. The summed E-state index contributed by atoms with van der Waals surface area (Å²) in [4.78, 5) is 30.4. The van der Waals surface area contributed by atoms with Gasteiger partial charge in [-0.3, -0.25) is 14.2 Å². The van der Waals surface area contributed by atoms with E-state index >= 15 is 0 Å². The molecule has 0 radical (unpaired) electrons. The minimum absolute atomic E-state index is 0.109. The standard InChI is InChI=1S/C24H21N3O5S/c1-15(16-8-9-20-21(11-16)32-14-31-20)25-22(28)13-33-24-26-19-7-3-2-6-18(19)23(29)27(24)12-17-5-4-10-30-17/h2-11,15H,12-14H2,1H3,(H,25,28). The Hall–Kier alpha value is -3.72. The average Bonchev–Trinajstić information content (AvgIpc) is 3.51. The molecule has 1 aliphatic rings. The van der Waals surface area contributed by atoms with Crippen molar-refractivity contribution in [2.75, 3.05) is 12.5 Å². The maximum absolute atomic E-state index is 13.1. The summed E-state index contributed by atoms with van der Waals surface area (Å²) in [5.74, 6) is 1.95. The van der Waals surface area contributed by atoms with Crippen LogP contribution in [0.5, 0.6) is 11.5 Å². The first-order valence-corrected chi connectivity index (χ1v) is 11.4. The molecule has 4 aromatic rings. The first kappa shape index (κ1) is 21.1. The number of carbonyl (C=O) groups excluding carboxylic acids is 1. The highest BCUT2D eigenvalue weighted by Gasteiger charge is 2.18. The molecule has 33 heavy (non-hydrogen) atoms. The average molecular weight is 464 g/mol. The van der Waals surface area contributed by atoms with Gasteiger partial charge in [0.05, 0.1) is 35.5 Å². The fourth-order valence-electron chi connectivity index (χ4n) is 3.63. The molecule has 8 nitrogen and oxygen atoms in total. The first-order valence-electron chi connectivity index (χ1n) is 10.4. The van der Waals surface area contributed by atoms with Gasteiger partial charge < -0.3 is 19.2 Å². The van der Waals surface area contributed by atoms with Crippen molar-refractivity contribution in [3.8, 4) is 11.5 Å². The first-order chi connectivity index (χ1) is 16.1. The number of nitrogens with one attached hydrogen (secondary N) is 1. The van der Waals surface area contributed by atoms with Gasteiger partial charge in [0.25, 0.3) is 5.56 Å². The van der Waals surface area contributed by atoms with Crippen LogP contribution in [-0.2, 0) is 11.3 Å². The van der Waals surface area contributed by atoms with Gasteiger partial charge in [-0.05, 0) is 48.9 Å². The molecule has 1 atom stereocenters. The third-order valence-electron chi connectivity index (χ3n) is 5.33. The van der Waals surface area contributed by atoms with Crippen molar-refractivity contribution in [1.82, 2.24) is 14.9 Å². The van der Waals surface area contributed by atoms with E-state index in [4.69, 9.17) is 13.9 Å². The Morgan fingerprint density at radius 3 is 2.85 bits per heavy atom. The Labute approximate surface area is 193 Å². The lowest BCUT2D eigenvalue weighted by molar-refractivity contribution is -0.119. The second kappa shape index (κ2) is 9.03. The molecule has 1 aliphatic heterocycles. The van der Waals surface area contributed by atoms with E-state index in [1.807, 2.05) is 31.2 Å². The number of fused-ring (bicyclic) bond motifs is 2. The van der Waals surface area contributed by atoms with E-state index in [0.29, 0.717) is 33.3 Å². The number of para-hydroxylation sites is 1. The SMILES string of the molecule is CC(NC(=O)CSc1nc2ccccc2c(=O)n1Cc1ccco1)c1ccc2c(c1)OCO2. The maximum atomic E-state index is 13.1. The van der Waals surface area contributed by atoms with E-state index in [1.165, 1.54) is 11.8 Å². The molecule has 5 rings (SSSR count). The Bertz CT molecular complexity index is 1370. The van der Waals surface area contributed by atoms with Crippen molar-refractivity contribution >= 4 is 28.6 Å². The lowest BCUT2D eigenvalue weighted by Gasteiger charge is -2.15. The van der Waals surface area contributed by atoms with Crippen LogP contribution in [0.2, 0.25) is 0 Å². The lowest BCUT2D eigenvalue weighted by atomic mass is 10.1. The number of thioether (sulfide) groups is 1. The number of aromatic nitrogens is 2. The van der Waals surface area contributed by atoms with Crippen molar-refractivity contribution in [3.05, 3.63) is 82.5 Å². The molecule has 9 heteroatoms. The number of hydrogen-bond donors (Lipinski definition) is 1. The number of rotatable bonds is 7. The maximum Gasteiger partial charge on any atom is 0.262 e. The van der Waals surface area contributed by atoms with E-state index in [0.717, 1.165) is 5.56 Å². The van der Waals surface area contributed by atoms with Gasteiger partial charge in [0.15, 0.2) is 16.7 Å². The van der Waals surface area contributed by atoms with E-state index in [-0.39, 0.29) is 36.6 Å². The Kier molecular flexibility index (Phi) is 5.78. The monoisotopic (exact) mass is 463 g/mol. The van der Waals surface area contributed by atoms with E-state index < -0.39 is 0 Å². The summed E-state index contributed by atoms with van der Waals surface area (Å²) in [7, 11) is 0. The summed E-state index contributed by atoms with van der Waals surface area (Å²) in [6, 6.07) is 16.1. The zero-order chi connectivity index (χ0) is 22.8. The predicted octanol–water partition coefficient (Wildman–Crippen LogP) is 3.74. The fraction of sp³-hybridized carbons (Fsp3) is 0.208. The van der Waals surface area contributed by atoms with Gasteiger partial charge >= 0.3 is 0 Å². The van der Waals surface area contributed by atoms with Gasteiger partial charge in [-0.2, -0.15) is 0 Å². The molecular formula is C24H21N3O5S. The predicted molar refractivity (Wildman–Crippen MR) is 124 cm³/mol. The zero-order valence-corrected chi connectivity index (χ0v) is 18.6. The van der Waals surface area contributed by atoms with Gasteiger partial charge in [-0.15, -0.1) is 0 Å². The molecule has 0 saturated carbocycles. The topological polar surface area (TPSA) is 95.6 Å². The van der Waals surface area contributed by atoms with Crippen molar-refractivity contribution < 1.29 is 18.7 Å². The largest absolute Gasteiger partial charge is 0.467 e. The Morgan fingerprint density at radius 1 is 1.15 bits per heavy atom. The molecule has 1 N–H and O–H groups in total. The van der Waals surface area contributed by atoms with E-state index in [2.05, 4.69) is 10.3 Å². The molecule has 2 aromatic carbocycles. The van der Waals surface area contributed by atoms with Crippen LogP contribution in [-0.4, -0.2) is 28.0 Å². The lowest BCUT2D eigenvalue weighted by Crippen LogP contribution is -2.29. The number of benzene rings is 2.